The van der Waals surface area contributed by atoms with Crippen molar-refractivity contribution >= 4 is 33.6 Å². The Hall–Kier alpha value is -1.06. The summed E-state index contributed by atoms with van der Waals surface area (Å²) in [6, 6.07) is 2.85. The van der Waals surface area contributed by atoms with Gasteiger partial charge in [0, 0.05) is 24.6 Å². The highest BCUT2D eigenvalue weighted by Gasteiger charge is 2.49. The summed E-state index contributed by atoms with van der Waals surface area (Å²) in [5.74, 6) is 0.455. The molecular formula is C17H23BrClNO6. The summed E-state index contributed by atoms with van der Waals surface area (Å²) < 4.78 is 11.3. The second-order valence-corrected chi connectivity index (χ2v) is 7.51. The van der Waals surface area contributed by atoms with Crippen LogP contribution in [-0.2, 0) is 4.74 Å². The fourth-order valence-corrected chi connectivity index (χ4v) is 4.23. The molecule has 0 spiro atoms. The highest BCUT2D eigenvalue weighted by molar-refractivity contribution is 9.10. The molecule has 1 atom stereocenters. The zero-order valence-corrected chi connectivity index (χ0v) is 16.8. The third kappa shape index (κ3) is 4.26. The summed E-state index contributed by atoms with van der Waals surface area (Å²) in [6.07, 6.45) is 0.327. The van der Waals surface area contributed by atoms with Crippen LogP contribution in [0.4, 0.5) is 4.79 Å². The highest BCUT2D eigenvalue weighted by Crippen LogP contribution is 2.46. The van der Waals surface area contributed by atoms with Crippen LogP contribution >= 0.6 is 27.5 Å². The molecule has 146 valence electrons. The Balaban J connectivity index is 2.33. The minimum Gasteiger partial charge on any atom is -0.492 e. The Morgan fingerprint density at radius 3 is 2.65 bits per heavy atom. The first-order chi connectivity index (χ1) is 12.4. The number of hydrogen-bond donors (Lipinski definition) is 3. The van der Waals surface area contributed by atoms with Crippen molar-refractivity contribution < 1.29 is 29.6 Å². The number of rotatable bonds is 8. The maximum absolute atomic E-state index is 11.8. The van der Waals surface area contributed by atoms with Gasteiger partial charge in [0.1, 0.15) is 5.75 Å². The van der Waals surface area contributed by atoms with Gasteiger partial charge < -0.3 is 24.8 Å². The van der Waals surface area contributed by atoms with Crippen molar-refractivity contribution in [2.75, 3.05) is 33.5 Å². The predicted molar refractivity (Wildman–Crippen MR) is 99.9 cm³/mol. The fraction of sp³-hybridized carbons (Fsp3) is 0.588. The van der Waals surface area contributed by atoms with Crippen molar-refractivity contribution in [2.45, 2.75) is 30.8 Å². The monoisotopic (exact) mass is 451 g/mol. The standard InChI is InChI=1S/C17H23BrClNO6/c1-25-5-2-6-26-15-7-11(12(18)8-13(15)19)14-3-4-17(9-21,10-22)20(14)16(23)24/h7-8,14,21-22H,2-6,9-10H2,1H3,(H,23,24). The van der Waals surface area contributed by atoms with Gasteiger partial charge in [-0.05, 0) is 30.5 Å². The van der Waals surface area contributed by atoms with Crippen LogP contribution in [0.1, 0.15) is 30.9 Å². The molecule has 1 amide bonds. The molecule has 1 aromatic rings. The van der Waals surface area contributed by atoms with Gasteiger partial charge in [0.2, 0.25) is 0 Å². The lowest BCUT2D eigenvalue weighted by molar-refractivity contribution is 0.00589. The molecule has 1 heterocycles. The van der Waals surface area contributed by atoms with Crippen LogP contribution in [-0.4, -0.2) is 65.4 Å². The van der Waals surface area contributed by atoms with Gasteiger partial charge in [-0.25, -0.2) is 4.79 Å². The van der Waals surface area contributed by atoms with Crippen LogP contribution in [0.25, 0.3) is 0 Å². The SMILES string of the molecule is COCCCOc1cc(C2CCC(CO)(CO)N2C(=O)O)c(Br)cc1Cl. The molecule has 26 heavy (non-hydrogen) atoms. The highest BCUT2D eigenvalue weighted by atomic mass is 79.9. The Labute approximate surface area is 165 Å². The maximum atomic E-state index is 11.8. The van der Waals surface area contributed by atoms with Crippen LogP contribution in [0.15, 0.2) is 16.6 Å². The second kappa shape index (κ2) is 9.23. The number of aliphatic hydroxyl groups is 2. The largest absolute Gasteiger partial charge is 0.492 e. The number of halogens is 2. The first-order valence-electron chi connectivity index (χ1n) is 8.25. The summed E-state index contributed by atoms with van der Waals surface area (Å²) >= 11 is 9.67. The summed E-state index contributed by atoms with van der Waals surface area (Å²) in [4.78, 5) is 13.0. The maximum Gasteiger partial charge on any atom is 0.408 e. The van der Waals surface area contributed by atoms with Crippen molar-refractivity contribution in [3.63, 3.8) is 0 Å². The molecule has 1 aliphatic rings. The van der Waals surface area contributed by atoms with E-state index in [1.54, 1.807) is 19.2 Å². The number of ether oxygens (including phenoxy) is 2. The van der Waals surface area contributed by atoms with Crippen LogP contribution in [0, 0.1) is 0 Å². The molecule has 0 bridgehead atoms. The van der Waals surface area contributed by atoms with Gasteiger partial charge in [-0.2, -0.15) is 0 Å². The lowest BCUT2D eigenvalue weighted by atomic mass is 9.99. The Morgan fingerprint density at radius 2 is 2.08 bits per heavy atom. The van der Waals surface area contributed by atoms with Crippen LogP contribution in [0.5, 0.6) is 5.75 Å². The average Bonchev–Trinajstić information content (AvgIpc) is 3.00. The van der Waals surface area contributed by atoms with E-state index in [-0.39, 0.29) is 0 Å². The van der Waals surface area contributed by atoms with Gasteiger partial charge in [-0.15, -0.1) is 0 Å². The summed E-state index contributed by atoms with van der Waals surface area (Å²) in [5.41, 5.74) is -0.517. The van der Waals surface area contributed by atoms with Crippen molar-refractivity contribution in [1.29, 1.82) is 0 Å². The van der Waals surface area contributed by atoms with Crippen molar-refractivity contribution in [1.82, 2.24) is 4.90 Å². The van der Waals surface area contributed by atoms with E-state index in [4.69, 9.17) is 21.1 Å². The molecule has 1 aliphatic heterocycles. The lowest BCUT2D eigenvalue weighted by Gasteiger charge is -2.37. The molecule has 0 radical (unpaired) electrons. The van der Waals surface area contributed by atoms with E-state index in [9.17, 15) is 20.1 Å². The smallest absolute Gasteiger partial charge is 0.408 e. The molecular weight excluding hydrogens is 430 g/mol. The number of aliphatic hydroxyl groups excluding tert-OH is 2. The zero-order chi connectivity index (χ0) is 19.3. The molecule has 7 nitrogen and oxygen atoms in total. The van der Waals surface area contributed by atoms with Crippen molar-refractivity contribution in [2.24, 2.45) is 0 Å². The molecule has 2 rings (SSSR count). The second-order valence-electron chi connectivity index (χ2n) is 6.25. The van der Waals surface area contributed by atoms with Gasteiger partial charge in [-0.1, -0.05) is 27.5 Å². The molecule has 0 saturated carbocycles. The number of likely N-dealkylation sites (tertiary alicyclic amines) is 1. The van der Waals surface area contributed by atoms with Crippen LogP contribution in [0.2, 0.25) is 5.02 Å². The third-order valence-corrected chi connectivity index (χ3v) is 5.64. The van der Waals surface area contributed by atoms with E-state index in [0.717, 1.165) is 4.90 Å². The topological polar surface area (TPSA) is 99.5 Å². The molecule has 3 N–H and O–H groups in total. The Morgan fingerprint density at radius 1 is 1.38 bits per heavy atom. The average molecular weight is 453 g/mol. The summed E-state index contributed by atoms with van der Waals surface area (Å²) in [6.45, 7) is 0.0842. The quantitative estimate of drug-likeness (QED) is 0.524. The van der Waals surface area contributed by atoms with Crippen LogP contribution in [0.3, 0.4) is 0 Å². The van der Waals surface area contributed by atoms with Crippen molar-refractivity contribution in [3.05, 3.63) is 27.2 Å². The van der Waals surface area contributed by atoms with Gasteiger partial charge in [0.25, 0.3) is 0 Å². The Bertz CT molecular complexity index is 640. The first kappa shape index (κ1) is 21.2. The fourth-order valence-electron chi connectivity index (χ4n) is 3.27. The lowest BCUT2D eigenvalue weighted by Crippen LogP contribution is -2.53. The normalized spacial score (nSPS) is 19.0. The van der Waals surface area contributed by atoms with Crippen LogP contribution < -0.4 is 4.74 Å². The number of hydrogen-bond acceptors (Lipinski definition) is 5. The number of carboxylic acid groups (broad SMARTS) is 1. The molecule has 0 aromatic heterocycles. The number of methoxy groups -OCH3 is 1. The van der Waals surface area contributed by atoms with E-state index in [2.05, 4.69) is 15.9 Å². The first-order valence-corrected chi connectivity index (χ1v) is 9.42. The van der Waals surface area contributed by atoms with E-state index >= 15 is 0 Å². The summed E-state index contributed by atoms with van der Waals surface area (Å²) in [5, 5.41) is 29.5. The molecule has 1 aromatic carbocycles. The number of amides is 1. The molecule has 1 saturated heterocycles. The minimum absolute atomic E-state index is 0.357. The number of nitrogens with zero attached hydrogens (tertiary/aromatic N) is 1. The molecule has 9 heteroatoms. The molecule has 0 aliphatic carbocycles. The predicted octanol–water partition coefficient (Wildman–Crippen LogP) is 3.06. The van der Waals surface area contributed by atoms with Gasteiger partial charge in [0.05, 0.1) is 36.4 Å². The third-order valence-electron chi connectivity index (χ3n) is 4.66. The zero-order valence-electron chi connectivity index (χ0n) is 14.5. The van der Waals surface area contributed by atoms with E-state index in [1.807, 2.05) is 0 Å². The molecule has 1 fully saturated rings. The Kier molecular flexibility index (Phi) is 7.54. The van der Waals surface area contributed by atoms with Gasteiger partial charge in [0.15, 0.2) is 0 Å². The number of carbonyl (C=O) groups is 1. The van der Waals surface area contributed by atoms with E-state index in [0.29, 0.717) is 53.3 Å². The minimum atomic E-state index is -1.20. The molecule has 1 unspecified atom stereocenters. The van der Waals surface area contributed by atoms with E-state index in [1.165, 1.54) is 0 Å². The van der Waals surface area contributed by atoms with Gasteiger partial charge >= 0.3 is 6.09 Å². The van der Waals surface area contributed by atoms with Crippen molar-refractivity contribution in [3.8, 4) is 5.75 Å². The number of benzene rings is 1. The summed E-state index contributed by atoms with van der Waals surface area (Å²) in [7, 11) is 1.61. The van der Waals surface area contributed by atoms with E-state index < -0.39 is 30.9 Å². The van der Waals surface area contributed by atoms with Gasteiger partial charge in [-0.3, -0.25) is 4.90 Å².